The first-order chi connectivity index (χ1) is 6.82. The molecule has 2 heterocycles. The summed E-state index contributed by atoms with van der Waals surface area (Å²) in [7, 11) is 2.08. The molecule has 0 aromatic rings. The van der Waals surface area contributed by atoms with E-state index in [0.29, 0.717) is 0 Å². The molecule has 0 aromatic carbocycles. The number of likely N-dealkylation sites (N-methyl/N-ethyl adjacent to an activating group) is 1. The maximum Gasteiger partial charge on any atom is 0.410 e. The van der Waals surface area contributed by atoms with E-state index in [1.165, 1.54) is 0 Å². The number of hydrogen-bond donors (Lipinski definition) is 0. The van der Waals surface area contributed by atoms with Crippen LogP contribution in [0.15, 0.2) is 0 Å². The molecule has 2 rings (SSSR count). The van der Waals surface area contributed by atoms with Crippen LogP contribution in [0.3, 0.4) is 0 Å². The van der Waals surface area contributed by atoms with Crippen molar-refractivity contribution in [2.24, 2.45) is 0 Å². The Kier molecular flexibility index (Phi) is 2.23. The Hall–Kier alpha value is -0.770. The van der Waals surface area contributed by atoms with Crippen molar-refractivity contribution in [3.8, 4) is 0 Å². The summed E-state index contributed by atoms with van der Waals surface area (Å²) in [5.41, 5.74) is -0.277. The topological polar surface area (TPSA) is 32.8 Å². The van der Waals surface area contributed by atoms with Crippen LogP contribution in [-0.4, -0.2) is 53.7 Å². The van der Waals surface area contributed by atoms with Crippen LogP contribution in [0.1, 0.15) is 27.2 Å². The van der Waals surface area contributed by atoms with Crippen molar-refractivity contribution in [3.63, 3.8) is 0 Å². The Morgan fingerprint density at radius 2 is 1.93 bits per heavy atom. The van der Waals surface area contributed by atoms with E-state index in [2.05, 4.69) is 11.9 Å². The largest absolute Gasteiger partial charge is 0.444 e. The van der Waals surface area contributed by atoms with Gasteiger partial charge in [0.05, 0.1) is 5.54 Å². The Morgan fingerprint density at radius 1 is 1.33 bits per heavy atom. The van der Waals surface area contributed by atoms with Crippen molar-refractivity contribution in [2.75, 3.05) is 26.7 Å². The van der Waals surface area contributed by atoms with Gasteiger partial charge in [-0.15, -0.1) is 0 Å². The second-order valence-electron chi connectivity index (χ2n) is 5.78. The molecule has 0 aliphatic carbocycles. The van der Waals surface area contributed by atoms with E-state index >= 15 is 0 Å². The van der Waals surface area contributed by atoms with Crippen LogP contribution in [-0.2, 0) is 4.74 Å². The first-order valence-electron chi connectivity index (χ1n) is 5.52. The maximum atomic E-state index is 11.8. The summed E-state index contributed by atoms with van der Waals surface area (Å²) in [6.45, 7) is 8.56. The zero-order chi connectivity index (χ0) is 11.3. The van der Waals surface area contributed by atoms with Gasteiger partial charge in [-0.05, 0) is 34.2 Å². The van der Waals surface area contributed by atoms with E-state index in [-0.39, 0.29) is 17.2 Å². The predicted molar refractivity (Wildman–Crippen MR) is 57.8 cm³/mol. The molecule has 86 valence electrons. The van der Waals surface area contributed by atoms with Gasteiger partial charge in [0.15, 0.2) is 0 Å². The number of likely N-dealkylation sites (tertiary alicyclic amines) is 2. The molecule has 4 nitrogen and oxygen atoms in total. The van der Waals surface area contributed by atoms with Crippen LogP contribution in [0.4, 0.5) is 4.79 Å². The third kappa shape index (κ3) is 1.83. The van der Waals surface area contributed by atoms with Gasteiger partial charge in [0.2, 0.25) is 0 Å². The highest BCUT2D eigenvalue weighted by molar-refractivity contribution is 5.71. The van der Waals surface area contributed by atoms with Crippen LogP contribution in [0, 0.1) is 0 Å². The zero-order valence-corrected chi connectivity index (χ0v) is 10.0. The van der Waals surface area contributed by atoms with Gasteiger partial charge in [0.25, 0.3) is 0 Å². The standard InChI is InChI=1S/C11H20N2O2/c1-10(2,3)15-9(14)13-6-5-11(13)7-12(4)8-11/h5-8H2,1-4H3. The summed E-state index contributed by atoms with van der Waals surface area (Å²) in [5, 5.41) is 0. The monoisotopic (exact) mass is 212 g/mol. The number of amides is 1. The molecule has 0 radical (unpaired) electrons. The summed E-state index contributed by atoms with van der Waals surface area (Å²) in [6, 6.07) is 0. The number of carbonyl (C=O) groups excluding carboxylic acids is 1. The van der Waals surface area contributed by atoms with Gasteiger partial charge in [-0.1, -0.05) is 0 Å². The molecule has 4 heteroatoms. The van der Waals surface area contributed by atoms with Crippen molar-refractivity contribution in [2.45, 2.75) is 38.3 Å². The van der Waals surface area contributed by atoms with Crippen LogP contribution < -0.4 is 0 Å². The molecule has 0 atom stereocenters. The Balaban J connectivity index is 1.92. The van der Waals surface area contributed by atoms with E-state index in [9.17, 15) is 4.79 Å². The van der Waals surface area contributed by atoms with Crippen molar-refractivity contribution in [1.82, 2.24) is 9.80 Å². The molecule has 0 N–H and O–H groups in total. The highest BCUT2D eigenvalue weighted by atomic mass is 16.6. The van der Waals surface area contributed by atoms with Crippen molar-refractivity contribution < 1.29 is 9.53 Å². The highest BCUT2D eigenvalue weighted by Gasteiger charge is 2.55. The van der Waals surface area contributed by atoms with Crippen LogP contribution in [0.5, 0.6) is 0 Å². The summed E-state index contributed by atoms with van der Waals surface area (Å²) in [5.74, 6) is 0. The van der Waals surface area contributed by atoms with Gasteiger partial charge in [-0.25, -0.2) is 4.79 Å². The van der Waals surface area contributed by atoms with Gasteiger partial charge in [0, 0.05) is 19.6 Å². The third-order valence-electron chi connectivity index (χ3n) is 3.12. The fourth-order valence-electron chi connectivity index (χ4n) is 2.43. The fraction of sp³-hybridized carbons (Fsp3) is 0.909. The van der Waals surface area contributed by atoms with Gasteiger partial charge in [0.1, 0.15) is 5.60 Å². The molecule has 15 heavy (non-hydrogen) atoms. The summed E-state index contributed by atoms with van der Waals surface area (Å²) >= 11 is 0. The lowest BCUT2D eigenvalue weighted by Crippen LogP contribution is -2.77. The van der Waals surface area contributed by atoms with E-state index in [4.69, 9.17) is 4.74 Å². The van der Waals surface area contributed by atoms with E-state index in [0.717, 1.165) is 26.1 Å². The van der Waals surface area contributed by atoms with Crippen LogP contribution in [0.2, 0.25) is 0 Å². The first kappa shape index (κ1) is 10.7. The average molecular weight is 212 g/mol. The van der Waals surface area contributed by atoms with Crippen LogP contribution in [0.25, 0.3) is 0 Å². The lowest BCUT2D eigenvalue weighted by atomic mass is 9.78. The SMILES string of the molecule is CN1CC2(CCN2C(=O)OC(C)(C)C)C1. The molecule has 2 saturated heterocycles. The molecule has 0 bridgehead atoms. The first-order valence-corrected chi connectivity index (χ1v) is 5.52. The van der Waals surface area contributed by atoms with Crippen molar-refractivity contribution >= 4 is 6.09 Å². The zero-order valence-electron chi connectivity index (χ0n) is 10.0. The van der Waals surface area contributed by atoms with Gasteiger partial charge in [-0.3, -0.25) is 4.90 Å². The lowest BCUT2D eigenvalue weighted by molar-refractivity contribution is -0.110. The molecule has 2 aliphatic rings. The molecule has 1 amide bonds. The number of rotatable bonds is 0. The highest BCUT2D eigenvalue weighted by Crippen LogP contribution is 2.39. The van der Waals surface area contributed by atoms with Gasteiger partial charge in [-0.2, -0.15) is 0 Å². The molecule has 0 saturated carbocycles. The van der Waals surface area contributed by atoms with Gasteiger partial charge < -0.3 is 9.64 Å². The average Bonchev–Trinajstić information content (AvgIpc) is 1.91. The molecular weight excluding hydrogens is 192 g/mol. The summed E-state index contributed by atoms with van der Waals surface area (Å²) in [4.78, 5) is 16.0. The summed E-state index contributed by atoms with van der Waals surface area (Å²) in [6.07, 6.45) is 0.971. The van der Waals surface area contributed by atoms with Crippen molar-refractivity contribution in [3.05, 3.63) is 0 Å². The van der Waals surface area contributed by atoms with E-state index in [1.807, 2.05) is 25.7 Å². The minimum absolute atomic E-state index is 0.108. The minimum Gasteiger partial charge on any atom is -0.444 e. The lowest BCUT2D eigenvalue weighted by Gasteiger charge is -2.61. The predicted octanol–water partition coefficient (Wildman–Crippen LogP) is 1.31. The second-order valence-corrected chi connectivity index (χ2v) is 5.78. The van der Waals surface area contributed by atoms with E-state index in [1.54, 1.807) is 0 Å². The third-order valence-corrected chi connectivity index (χ3v) is 3.12. The Morgan fingerprint density at radius 3 is 2.27 bits per heavy atom. The smallest absolute Gasteiger partial charge is 0.410 e. The molecule has 0 unspecified atom stereocenters. The Bertz CT molecular complexity index is 277. The fourth-order valence-corrected chi connectivity index (χ4v) is 2.43. The quantitative estimate of drug-likeness (QED) is 0.607. The van der Waals surface area contributed by atoms with Gasteiger partial charge >= 0.3 is 6.09 Å². The number of ether oxygens (including phenoxy) is 1. The summed E-state index contributed by atoms with van der Waals surface area (Å²) < 4.78 is 5.38. The normalized spacial score (nSPS) is 24.7. The maximum absolute atomic E-state index is 11.8. The minimum atomic E-state index is -0.385. The molecule has 2 aliphatic heterocycles. The molecule has 2 fully saturated rings. The number of carbonyl (C=O) groups is 1. The Labute approximate surface area is 91.2 Å². The number of nitrogens with zero attached hydrogens (tertiary/aromatic N) is 2. The van der Waals surface area contributed by atoms with Crippen LogP contribution >= 0.6 is 0 Å². The molecular formula is C11H20N2O2. The van der Waals surface area contributed by atoms with E-state index < -0.39 is 0 Å². The second kappa shape index (κ2) is 3.11. The van der Waals surface area contributed by atoms with Crippen molar-refractivity contribution in [1.29, 1.82) is 0 Å². The molecule has 0 aromatic heterocycles. The number of hydrogen-bond acceptors (Lipinski definition) is 3. The molecule has 1 spiro atoms.